The van der Waals surface area contributed by atoms with Crippen LogP contribution in [0.3, 0.4) is 0 Å². The Bertz CT molecular complexity index is 1790. The van der Waals surface area contributed by atoms with Gasteiger partial charge < -0.3 is 0 Å². The minimum Gasteiger partial charge on any atom is -0.289 e. The van der Waals surface area contributed by atoms with Gasteiger partial charge in [0.2, 0.25) is 0 Å². The van der Waals surface area contributed by atoms with E-state index in [0.717, 1.165) is 12.3 Å². The van der Waals surface area contributed by atoms with Crippen LogP contribution in [0.2, 0.25) is 0 Å². The zero-order valence-corrected chi connectivity index (χ0v) is 38.6. The summed E-state index contributed by atoms with van der Waals surface area (Å²) >= 11 is 0.569. The smallest absolute Gasteiger partial charge is 0.0220 e. The van der Waals surface area contributed by atoms with Gasteiger partial charge in [0.05, 0.1) is 0 Å². The molecule has 8 aromatic rings. The summed E-state index contributed by atoms with van der Waals surface area (Å²) in [4.78, 5) is 0. The topological polar surface area (TPSA) is 0 Å². The molecule has 0 heterocycles. The average molecular weight is 924 g/mol. The van der Waals surface area contributed by atoms with Crippen molar-refractivity contribution >= 4 is 94.5 Å². The van der Waals surface area contributed by atoms with Gasteiger partial charge in [-0.2, -0.15) is 0 Å². The van der Waals surface area contributed by atoms with Gasteiger partial charge in [-0.15, -0.1) is 12.3 Å². The van der Waals surface area contributed by atoms with Gasteiger partial charge in [0.1, 0.15) is 0 Å². The van der Waals surface area contributed by atoms with Gasteiger partial charge >= 0.3 is 33.0 Å². The third-order valence-electron chi connectivity index (χ3n) is 9.30. The summed E-state index contributed by atoms with van der Waals surface area (Å²) in [5.74, 6) is 0. The summed E-state index contributed by atoms with van der Waals surface area (Å²) in [5, 5.41) is 11.4. The second kappa shape index (κ2) is 26.0. The molecule has 0 nitrogen and oxygen atoms in total. The van der Waals surface area contributed by atoms with Crippen molar-refractivity contribution in [3.63, 3.8) is 0 Å². The minimum atomic E-state index is -0.473. The molecule has 0 aliphatic carbocycles. The molecule has 59 heavy (non-hydrogen) atoms. The first kappa shape index (κ1) is 45.1. The van der Waals surface area contributed by atoms with Crippen LogP contribution in [0.25, 0.3) is 0 Å². The van der Waals surface area contributed by atoms with Crippen LogP contribution in [0.4, 0.5) is 0 Å². The maximum absolute atomic E-state index is 4.70. The molecular formula is C52H46Cl2NiP4. The van der Waals surface area contributed by atoms with E-state index in [1.54, 1.807) is 0 Å². The van der Waals surface area contributed by atoms with Gasteiger partial charge in [0.15, 0.2) is 0 Å². The Morgan fingerprint density at radius 3 is 0.593 bits per heavy atom. The van der Waals surface area contributed by atoms with Crippen LogP contribution in [-0.4, -0.2) is 12.3 Å². The molecule has 8 rings (SSSR count). The molecule has 0 aliphatic heterocycles. The van der Waals surface area contributed by atoms with E-state index in [-0.39, 0.29) is 0 Å². The summed E-state index contributed by atoms with van der Waals surface area (Å²) in [6.45, 7) is 0. The van der Waals surface area contributed by atoms with Gasteiger partial charge in [-0.25, -0.2) is 15.8 Å². The Morgan fingerprint density at radius 2 is 0.424 bits per heavy atom. The Labute approximate surface area is 371 Å². The number of hydrogen-bond donors (Lipinski definition) is 0. The van der Waals surface area contributed by atoms with Crippen molar-refractivity contribution in [2.24, 2.45) is 0 Å². The third kappa shape index (κ3) is 14.3. The quantitative estimate of drug-likeness (QED) is 0.0579. The van der Waals surface area contributed by atoms with Crippen molar-refractivity contribution in [3.05, 3.63) is 255 Å². The molecule has 0 aromatic heterocycles. The number of hydrogen-bond acceptors (Lipinski definition) is 0. The van der Waals surface area contributed by atoms with Crippen LogP contribution in [0, 0.1) is 12.3 Å². The number of benzene rings is 8. The molecule has 0 fully saturated rings. The van der Waals surface area contributed by atoms with Crippen LogP contribution in [0.5, 0.6) is 0 Å². The summed E-state index contributed by atoms with van der Waals surface area (Å²) in [6.07, 6.45) is 7.31. The molecule has 0 radical (unpaired) electrons. The van der Waals surface area contributed by atoms with E-state index >= 15 is 0 Å². The molecular weight excluding hydrogens is 878 g/mol. The van der Waals surface area contributed by atoms with Crippen LogP contribution in [0.1, 0.15) is 0 Å². The Morgan fingerprint density at radius 1 is 0.271 bits per heavy atom. The van der Waals surface area contributed by atoms with Crippen molar-refractivity contribution < 1.29 is 12.7 Å². The molecule has 0 amide bonds. The van der Waals surface area contributed by atoms with Gasteiger partial charge in [0.25, 0.3) is 0 Å². The van der Waals surface area contributed by atoms with E-state index in [4.69, 9.17) is 20.4 Å². The fourth-order valence-corrected chi connectivity index (χ4v) is 16.1. The van der Waals surface area contributed by atoms with Crippen LogP contribution < -0.4 is 42.4 Å². The summed E-state index contributed by atoms with van der Waals surface area (Å²) < 4.78 is 0. The van der Waals surface area contributed by atoms with Crippen molar-refractivity contribution in [1.82, 2.24) is 0 Å². The van der Waals surface area contributed by atoms with Gasteiger partial charge in [-0.05, 0) is 21.2 Å². The van der Waals surface area contributed by atoms with E-state index in [0.29, 0.717) is 12.7 Å². The SMILES string of the molecule is [Cl][Ni+2][Cl].c1ccc(P([CH-]CP(c2ccccc2)c2ccccc2)c2ccccc2)cc1.c1ccc(P([CH-]CP(c2ccccc2)c2ccccc2)c2ccccc2)cc1. The number of rotatable bonds is 14. The second-order valence-corrected chi connectivity index (χ2v) is 23.5. The van der Waals surface area contributed by atoms with Crippen molar-refractivity contribution in [1.29, 1.82) is 0 Å². The third-order valence-corrected chi connectivity index (χ3v) is 19.2. The van der Waals surface area contributed by atoms with E-state index in [2.05, 4.69) is 255 Å². The zero-order valence-electron chi connectivity index (χ0n) is 32.5. The van der Waals surface area contributed by atoms with Crippen molar-refractivity contribution in [2.45, 2.75) is 0 Å². The standard InChI is InChI=1S/2C26H23P2.2ClH.Ni/c2*1-5-13-23(14-6-1)27(24-15-7-2-8-16-24)21-22-28(25-17-9-3-10-18-25)26-19-11-4-12-20-26;;;/h2*1-21H,22H2;2*1H;/q2*-1;;;+4/p-2. The Balaban J connectivity index is 0.000000186. The van der Waals surface area contributed by atoms with Gasteiger partial charge in [0, 0.05) is 0 Å². The molecule has 0 aliphatic rings. The number of halogens is 2. The van der Waals surface area contributed by atoms with Gasteiger partial charge in [-0.1, -0.05) is 280 Å². The summed E-state index contributed by atoms with van der Waals surface area (Å²) in [7, 11) is 7.65. The first-order valence-electron chi connectivity index (χ1n) is 19.3. The fourth-order valence-electron chi connectivity index (χ4n) is 6.55. The van der Waals surface area contributed by atoms with E-state index in [1.807, 2.05) is 0 Å². The van der Waals surface area contributed by atoms with E-state index in [9.17, 15) is 0 Å². The maximum atomic E-state index is 4.70. The molecule has 0 atom stereocenters. The second-order valence-electron chi connectivity index (χ2n) is 13.1. The zero-order chi connectivity index (χ0) is 40.7. The minimum absolute atomic E-state index is 0.403. The molecule has 7 heteroatoms. The van der Waals surface area contributed by atoms with Crippen molar-refractivity contribution in [3.8, 4) is 0 Å². The first-order chi connectivity index (χ1) is 29.2. The molecule has 0 unspecified atom stereocenters. The van der Waals surface area contributed by atoms with Gasteiger partial charge in [-0.3, -0.25) is 12.3 Å². The molecule has 298 valence electrons. The molecule has 0 saturated heterocycles. The van der Waals surface area contributed by atoms with Crippen LogP contribution >= 0.6 is 52.1 Å². The Kier molecular flexibility index (Phi) is 19.9. The normalized spacial score (nSPS) is 10.9. The molecule has 0 saturated carbocycles. The maximum Gasteiger partial charge on any atom is -0.0220 e. The molecule has 0 spiro atoms. The van der Waals surface area contributed by atoms with Crippen LogP contribution in [-0.2, 0) is 12.7 Å². The molecule has 0 N–H and O–H groups in total. The summed E-state index contributed by atoms with van der Waals surface area (Å²) in [5.41, 5.74) is 0. The monoisotopic (exact) mass is 922 g/mol. The average Bonchev–Trinajstić information content (AvgIpc) is 3.32. The fraction of sp³-hybridized carbons (Fsp3) is 0.0385. The van der Waals surface area contributed by atoms with E-state index < -0.39 is 31.7 Å². The van der Waals surface area contributed by atoms with Crippen LogP contribution in [0.15, 0.2) is 243 Å². The van der Waals surface area contributed by atoms with E-state index in [1.165, 1.54) is 42.4 Å². The molecule has 0 bridgehead atoms. The Hall–Kier alpha value is -3.45. The molecule has 8 aromatic carbocycles. The largest absolute Gasteiger partial charge is 0.289 e. The predicted molar refractivity (Wildman–Crippen MR) is 266 cm³/mol. The van der Waals surface area contributed by atoms with Crippen molar-refractivity contribution in [2.75, 3.05) is 12.3 Å². The predicted octanol–water partition coefficient (Wildman–Crippen LogP) is 12.2. The first-order valence-corrected chi connectivity index (χ1v) is 27.9. The summed E-state index contributed by atoms with van der Waals surface area (Å²) in [6, 6.07) is 87.6.